The molecule has 1 heterocycles. The average molecular weight is 312 g/mol. The number of ether oxygens (including phenoxy) is 1. The molecule has 8 heteroatoms. The molecule has 0 bridgehead atoms. The molecule has 1 aromatic carbocycles. The third-order valence-corrected chi connectivity index (χ3v) is 2.90. The Hall–Kier alpha value is -3.47. The molecule has 0 saturated heterocycles. The fourth-order valence-electron chi connectivity index (χ4n) is 1.78. The molecule has 23 heavy (non-hydrogen) atoms. The van der Waals surface area contributed by atoms with E-state index in [9.17, 15) is 14.9 Å². The molecule has 116 valence electrons. The highest BCUT2D eigenvalue weighted by Gasteiger charge is 2.22. The van der Waals surface area contributed by atoms with Gasteiger partial charge in [-0.05, 0) is 41.1 Å². The van der Waals surface area contributed by atoms with E-state index in [2.05, 4.69) is 10.3 Å². The van der Waals surface area contributed by atoms with Crippen LogP contribution in [-0.4, -0.2) is 21.9 Å². The fourth-order valence-corrected chi connectivity index (χ4v) is 1.78. The van der Waals surface area contributed by atoms with E-state index in [-0.39, 0.29) is 5.75 Å². The van der Waals surface area contributed by atoms with Crippen molar-refractivity contribution in [3.05, 3.63) is 58.3 Å². The number of para-hydroxylation sites is 1. The molecule has 0 unspecified atom stereocenters. The lowest BCUT2D eigenvalue weighted by Gasteiger charge is -2.14. The van der Waals surface area contributed by atoms with Crippen molar-refractivity contribution in [2.45, 2.75) is 13.0 Å². The van der Waals surface area contributed by atoms with Crippen molar-refractivity contribution in [2.24, 2.45) is 0 Å². The normalized spacial score (nSPS) is 11.1. The van der Waals surface area contributed by atoms with Gasteiger partial charge < -0.3 is 20.2 Å². The molecule has 0 aliphatic heterocycles. The smallest absolute Gasteiger partial charge is 0.406 e. The number of anilines is 1. The van der Waals surface area contributed by atoms with E-state index in [0.717, 1.165) is 0 Å². The van der Waals surface area contributed by atoms with Crippen LogP contribution in [0.5, 0.6) is 5.75 Å². The first-order valence-corrected chi connectivity index (χ1v) is 6.59. The molecule has 0 fully saturated rings. The Kier molecular flexibility index (Phi) is 4.84. The number of hydrogen-bond acceptors (Lipinski definition) is 6. The van der Waals surface area contributed by atoms with E-state index in [0.29, 0.717) is 11.3 Å². The molecular weight excluding hydrogens is 300 g/mol. The van der Waals surface area contributed by atoms with Crippen LogP contribution >= 0.6 is 0 Å². The van der Waals surface area contributed by atoms with Crippen molar-refractivity contribution in [1.29, 1.82) is 5.26 Å². The van der Waals surface area contributed by atoms with Gasteiger partial charge in [0.1, 0.15) is 12.3 Å². The predicted octanol–water partition coefficient (Wildman–Crippen LogP) is 2.27. The zero-order valence-electron chi connectivity index (χ0n) is 12.1. The Morgan fingerprint density at radius 3 is 2.83 bits per heavy atom. The van der Waals surface area contributed by atoms with Gasteiger partial charge >= 0.3 is 5.82 Å². The molecule has 0 spiro atoms. The third-order valence-electron chi connectivity index (χ3n) is 2.90. The maximum absolute atomic E-state index is 12.1. The van der Waals surface area contributed by atoms with Crippen LogP contribution < -0.4 is 10.1 Å². The zero-order valence-corrected chi connectivity index (χ0v) is 12.1. The molecule has 1 aromatic heterocycles. The third kappa shape index (κ3) is 3.79. The summed E-state index contributed by atoms with van der Waals surface area (Å²) in [6.07, 6.45) is 0.253. The number of nitrogens with one attached hydrogen (secondary N) is 1. The van der Waals surface area contributed by atoms with E-state index >= 15 is 0 Å². The van der Waals surface area contributed by atoms with Crippen LogP contribution in [0.4, 0.5) is 11.5 Å². The Bertz CT molecular complexity index is 785. The summed E-state index contributed by atoms with van der Waals surface area (Å²) in [5.74, 6) is -1.11. The lowest BCUT2D eigenvalue weighted by Crippen LogP contribution is -2.30. The van der Waals surface area contributed by atoms with Crippen molar-refractivity contribution in [3.63, 3.8) is 0 Å². The number of carbonyl (C=O) groups is 1. The van der Waals surface area contributed by atoms with Gasteiger partial charge in [0.15, 0.2) is 6.10 Å². The van der Waals surface area contributed by atoms with Crippen LogP contribution in [0.15, 0.2) is 42.6 Å². The second-order valence-electron chi connectivity index (χ2n) is 4.49. The summed E-state index contributed by atoms with van der Waals surface area (Å²) in [5, 5.41) is 22.4. The molecular formula is C15H12N4O4. The monoisotopic (exact) mass is 312 g/mol. The molecule has 0 aliphatic carbocycles. The molecule has 1 amide bonds. The number of nitro groups is 1. The van der Waals surface area contributed by atoms with E-state index in [1.54, 1.807) is 24.3 Å². The first kappa shape index (κ1) is 15.9. The Morgan fingerprint density at radius 2 is 2.13 bits per heavy atom. The van der Waals surface area contributed by atoms with E-state index in [4.69, 9.17) is 10.00 Å². The summed E-state index contributed by atoms with van der Waals surface area (Å²) in [5.41, 5.74) is 0.650. The average Bonchev–Trinajstić information content (AvgIpc) is 2.55. The highest BCUT2D eigenvalue weighted by atomic mass is 16.6. The number of hydrogen-bond donors (Lipinski definition) is 1. The summed E-state index contributed by atoms with van der Waals surface area (Å²) in [7, 11) is 0. The van der Waals surface area contributed by atoms with Gasteiger partial charge in [0.05, 0.1) is 11.3 Å². The van der Waals surface area contributed by atoms with Crippen molar-refractivity contribution < 1.29 is 14.5 Å². The summed E-state index contributed by atoms with van der Waals surface area (Å²) >= 11 is 0. The summed E-state index contributed by atoms with van der Waals surface area (Å²) in [4.78, 5) is 25.9. The number of pyridine rings is 1. The lowest BCUT2D eigenvalue weighted by atomic mass is 10.2. The largest absolute Gasteiger partial charge is 0.473 e. The number of nitrogens with zero attached hydrogens (tertiary/aromatic N) is 3. The van der Waals surface area contributed by atoms with Crippen LogP contribution in [0.25, 0.3) is 0 Å². The van der Waals surface area contributed by atoms with Gasteiger partial charge in [-0.1, -0.05) is 12.1 Å². The number of nitriles is 1. The minimum atomic E-state index is -1.01. The van der Waals surface area contributed by atoms with E-state index < -0.39 is 22.8 Å². The Morgan fingerprint density at radius 1 is 1.39 bits per heavy atom. The Labute approximate surface area is 131 Å². The second kappa shape index (κ2) is 7.00. The quantitative estimate of drug-likeness (QED) is 0.668. The minimum Gasteiger partial charge on any atom is -0.473 e. The molecule has 1 atom stereocenters. The van der Waals surface area contributed by atoms with Gasteiger partial charge in [-0.25, -0.2) is 0 Å². The van der Waals surface area contributed by atoms with Gasteiger partial charge in [0.25, 0.3) is 5.91 Å². The number of benzene rings is 1. The summed E-state index contributed by atoms with van der Waals surface area (Å²) in [6.45, 7) is 1.45. The molecule has 2 rings (SSSR count). The van der Waals surface area contributed by atoms with Gasteiger partial charge in [-0.3, -0.25) is 4.79 Å². The van der Waals surface area contributed by atoms with E-state index in [1.807, 2.05) is 6.07 Å². The van der Waals surface area contributed by atoms with Gasteiger partial charge in [-0.2, -0.15) is 5.26 Å². The maximum atomic E-state index is 12.1. The SMILES string of the molecule is C[C@@H](Oc1cccnc1[N+](=O)[O-])C(=O)Nc1ccccc1C#N. The zero-order chi connectivity index (χ0) is 16.8. The van der Waals surface area contributed by atoms with Crippen molar-refractivity contribution in [1.82, 2.24) is 4.98 Å². The first-order chi connectivity index (χ1) is 11.0. The number of carbonyl (C=O) groups excluding carboxylic acids is 1. The summed E-state index contributed by atoms with van der Waals surface area (Å²) in [6, 6.07) is 11.3. The molecule has 0 saturated carbocycles. The van der Waals surface area contributed by atoms with Crippen LogP contribution in [-0.2, 0) is 4.79 Å². The second-order valence-corrected chi connectivity index (χ2v) is 4.49. The topological polar surface area (TPSA) is 118 Å². The predicted molar refractivity (Wildman–Crippen MR) is 80.8 cm³/mol. The van der Waals surface area contributed by atoms with Crippen molar-refractivity contribution in [2.75, 3.05) is 5.32 Å². The summed E-state index contributed by atoms with van der Waals surface area (Å²) < 4.78 is 5.32. The molecule has 0 aliphatic rings. The first-order valence-electron chi connectivity index (χ1n) is 6.59. The van der Waals surface area contributed by atoms with Crippen LogP contribution in [0, 0.1) is 21.4 Å². The van der Waals surface area contributed by atoms with E-state index in [1.165, 1.54) is 25.3 Å². The van der Waals surface area contributed by atoms with Gasteiger partial charge in [0, 0.05) is 0 Å². The van der Waals surface area contributed by atoms with Gasteiger partial charge in [-0.15, -0.1) is 0 Å². The number of rotatable bonds is 5. The molecule has 8 nitrogen and oxygen atoms in total. The maximum Gasteiger partial charge on any atom is 0.406 e. The van der Waals surface area contributed by atoms with Crippen LogP contribution in [0.2, 0.25) is 0 Å². The molecule has 2 aromatic rings. The standard InChI is InChI=1S/C15H12N4O4/c1-10(23-13-7-4-8-17-14(13)19(21)22)15(20)18-12-6-3-2-5-11(12)9-16/h2-8,10H,1H3,(H,18,20)/t10-/m1/s1. The lowest BCUT2D eigenvalue weighted by molar-refractivity contribution is -0.390. The molecule has 0 radical (unpaired) electrons. The highest BCUT2D eigenvalue weighted by Crippen LogP contribution is 2.24. The Balaban J connectivity index is 2.12. The van der Waals surface area contributed by atoms with Gasteiger partial charge in [0.2, 0.25) is 5.75 Å². The highest BCUT2D eigenvalue weighted by molar-refractivity contribution is 5.95. The minimum absolute atomic E-state index is 0.103. The fraction of sp³-hybridized carbons (Fsp3) is 0.133. The van der Waals surface area contributed by atoms with Crippen molar-refractivity contribution >= 4 is 17.4 Å². The number of aromatic nitrogens is 1. The van der Waals surface area contributed by atoms with Crippen LogP contribution in [0.1, 0.15) is 12.5 Å². The van der Waals surface area contributed by atoms with Crippen molar-refractivity contribution in [3.8, 4) is 11.8 Å². The molecule has 1 N–H and O–H groups in total. The number of amides is 1. The van der Waals surface area contributed by atoms with Crippen LogP contribution in [0.3, 0.4) is 0 Å².